The summed E-state index contributed by atoms with van der Waals surface area (Å²) in [5.74, 6) is 3.05. The topological polar surface area (TPSA) is 67.8 Å². The number of ether oxygens (including phenoxy) is 2. The van der Waals surface area contributed by atoms with Crippen molar-refractivity contribution in [3.63, 3.8) is 0 Å². The predicted molar refractivity (Wildman–Crippen MR) is 85.1 cm³/mol. The molecular formula is C15H23NO4S. The monoisotopic (exact) mass is 313 g/mol. The van der Waals surface area contributed by atoms with Gasteiger partial charge in [-0.05, 0) is 43.4 Å². The van der Waals surface area contributed by atoms with Gasteiger partial charge in [0.2, 0.25) is 0 Å². The molecule has 0 radical (unpaired) electrons. The van der Waals surface area contributed by atoms with E-state index < -0.39 is 0 Å². The van der Waals surface area contributed by atoms with Crippen LogP contribution in [0.15, 0.2) is 24.3 Å². The zero-order valence-electron chi connectivity index (χ0n) is 12.3. The number of amides is 1. The van der Waals surface area contributed by atoms with Crippen LogP contribution >= 0.6 is 11.8 Å². The van der Waals surface area contributed by atoms with Crippen molar-refractivity contribution in [1.82, 2.24) is 5.32 Å². The van der Waals surface area contributed by atoms with E-state index in [4.69, 9.17) is 14.6 Å². The molecule has 0 unspecified atom stereocenters. The maximum absolute atomic E-state index is 11.6. The highest BCUT2D eigenvalue weighted by Gasteiger charge is 2.02. The van der Waals surface area contributed by atoms with Crippen LogP contribution in [0.25, 0.3) is 0 Å². The standard InChI is InChI=1S/C15H23NO4S/c1-2-19-13-4-6-14(7-5-13)20-12-15(18)16-8-11-21-10-3-9-17/h4-7,17H,2-3,8-12H2,1H3,(H,16,18). The lowest BCUT2D eigenvalue weighted by atomic mass is 10.3. The van der Waals surface area contributed by atoms with Crippen molar-refractivity contribution in [1.29, 1.82) is 0 Å². The van der Waals surface area contributed by atoms with Gasteiger partial charge >= 0.3 is 0 Å². The quantitative estimate of drug-likeness (QED) is 0.609. The van der Waals surface area contributed by atoms with Gasteiger partial charge in [0.1, 0.15) is 11.5 Å². The van der Waals surface area contributed by atoms with Gasteiger partial charge in [0.15, 0.2) is 6.61 Å². The van der Waals surface area contributed by atoms with Crippen LogP contribution in [-0.2, 0) is 4.79 Å². The molecule has 118 valence electrons. The molecular weight excluding hydrogens is 290 g/mol. The third-order valence-corrected chi connectivity index (χ3v) is 3.59. The van der Waals surface area contributed by atoms with E-state index in [1.807, 2.05) is 19.1 Å². The second-order valence-corrected chi connectivity index (χ2v) is 5.46. The smallest absolute Gasteiger partial charge is 0.257 e. The molecule has 5 nitrogen and oxygen atoms in total. The first-order valence-electron chi connectivity index (χ1n) is 7.07. The van der Waals surface area contributed by atoms with Crippen molar-refractivity contribution in [3.8, 4) is 11.5 Å². The SMILES string of the molecule is CCOc1ccc(OCC(=O)NCCSCCCO)cc1. The van der Waals surface area contributed by atoms with Crippen LogP contribution in [-0.4, -0.2) is 48.9 Å². The third-order valence-electron chi connectivity index (χ3n) is 2.52. The molecule has 0 aromatic heterocycles. The van der Waals surface area contributed by atoms with Crippen LogP contribution in [0.4, 0.5) is 0 Å². The van der Waals surface area contributed by atoms with E-state index in [0.29, 0.717) is 18.9 Å². The minimum atomic E-state index is -0.133. The van der Waals surface area contributed by atoms with Gasteiger partial charge in [-0.1, -0.05) is 0 Å². The highest BCUT2D eigenvalue weighted by molar-refractivity contribution is 7.99. The third kappa shape index (κ3) is 8.47. The zero-order chi connectivity index (χ0) is 15.3. The Hall–Kier alpha value is -1.40. The van der Waals surface area contributed by atoms with Gasteiger partial charge in [-0.3, -0.25) is 4.79 Å². The van der Waals surface area contributed by atoms with Gasteiger partial charge < -0.3 is 19.9 Å². The first-order chi connectivity index (χ1) is 10.3. The maximum Gasteiger partial charge on any atom is 0.257 e. The molecule has 0 heterocycles. The number of nitrogens with one attached hydrogen (secondary N) is 1. The summed E-state index contributed by atoms with van der Waals surface area (Å²) in [5, 5.41) is 11.4. The average molecular weight is 313 g/mol. The molecule has 0 aliphatic heterocycles. The summed E-state index contributed by atoms with van der Waals surface area (Å²) in [6.07, 6.45) is 0.791. The van der Waals surface area contributed by atoms with Gasteiger partial charge in [-0.15, -0.1) is 0 Å². The number of carbonyl (C=O) groups is 1. The van der Waals surface area contributed by atoms with Gasteiger partial charge in [-0.25, -0.2) is 0 Å². The van der Waals surface area contributed by atoms with E-state index >= 15 is 0 Å². The van der Waals surface area contributed by atoms with Gasteiger partial charge in [0.05, 0.1) is 6.61 Å². The lowest BCUT2D eigenvalue weighted by Gasteiger charge is -2.08. The summed E-state index contributed by atoms with van der Waals surface area (Å²) in [7, 11) is 0. The van der Waals surface area contributed by atoms with Crippen molar-refractivity contribution in [2.24, 2.45) is 0 Å². The Morgan fingerprint density at radius 1 is 1.19 bits per heavy atom. The molecule has 0 spiro atoms. The second-order valence-electron chi connectivity index (χ2n) is 4.23. The molecule has 0 bridgehead atoms. The number of aliphatic hydroxyl groups is 1. The number of benzene rings is 1. The number of hydrogen-bond acceptors (Lipinski definition) is 5. The molecule has 0 aliphatic rings. The van der Waals surface area contributed by atoms with E-state index in [1.54, 1.807) is 23.9 Å². The minimum Gasteiger partial charge on any atom is -0.494 e. The van der Waals surface area contributed by atoms with Crippen LogP contribution in [0, 0.1) is 0 Å². The molecule has 0 fully saturated rings. The van der Waals surface area contributed by atoms with E-state index in [0.717, 1.165) is 23.7 Å². The van der Waals surface area contributed by atoms with Crippen molar-refractivity contribution >= 4 is 17.7 Å². The lowest BCUT2D eigenvalue weighted by molar-refractivity contribution is -0.122. The van der Waals surface area contributed by atoms with Crippen LogP contribution in [0.5, 0.6) is 11.5 Å². The molecule has 2 N–H and O–H groups in total. The van der Waals surface area contributed by atoms with Crippen LogP contribution < -0.4 is 14.8 Å². The zero-order valence-corrected chi connectivity index (χ0v) is 13.2. The Morgan fingerprint density at radius 3 is 2.48 bits per heavy atom. The Morgan fingerprint density at radius 2 is 1.86 bits per heavy atom. The molecule has 0 saturated carbocycles. The van der Waals surface area contributed by atoms with Gasteiger partial charge in [-0.2, -0.15) is 11.8 Å². The fourth-order valence-corrected chi connectivity index (χ4v) is 2.31. The fraction of sp³-hybridized carbons (Fsp3) is 0.533. The molecule has 1 aromatic rings. The Bertz CT molecular complexity index is 397. The molecule has 0 aliphatic carbocycles. The molecule has 1 amide bonds. The van der Waals surface area contributed by atoms with E-state index in [9.17, 15) is 4.79 Å². The normalized spacial score (nSPS) is 10.2. The van der Waals surface area contributed by atoms with Gasteiger partial charge in [0.25, 0.3) is 5.91 Å². The van der Waals surface area contributed by atoms with Crippen molar-refractivity contribution < 1.29 is 19.4 Å². The first-order valence-corrected chi connectivity index (χ1v) is 8.22. The largest absolute Gasteiger partial charge is 0.494 e. The van der Waals surface area contributed by atoms with Crippen molar-refractivity contribution in [2.45, 2.75) is 13.3 Å². The highest BCUT2D eigenvalue weighted by atomic mass is 32.2. The number of thioether (sulfide) groups is 1. The predicted octanol–water partition coefficient (Wildman–Crippen LogP) is 1.70. The second kappa shape index (κ2) is 11.3. The minimum absolute atomic E-state index is 0.00921. The number of carbonyl (C=O) groups excluding carboxylic acids is 1. The number of aliphatic hydroxyl groups excluding tert-OH is 1. The summed E-state index contributed by atoms with van der Waals surface area (Å²) in [6.45, 7) is 3.39. The summed E-state index contributed by atoms with van der Waals surface area (Å²) in [6, 6.07) is 7.19. The summed E-state index contributed by atoms with van der Waals surface area (Å²) >= 11 is 1.71. The summed E-state index contributed by atoms with van der Waals surface area (Å²) < 4.78 is 10.7. The van der Waals surface area contributed by atoms with Crippen molar-refractivity contribution in [3.05, 3.63) is 24.3 Å². The Labute approximate surface area is 130 Å². The maximum atomic E-state index is 11.6. The summed E-state index contributed by atoms with van der Waals surface area (Å²) in [4.78, 5) is 11.6. The molecule has 6 heteroatoms. The molecule has 0 atom stereocenters. The number of rotatable bonds is 11. The molecule has 1 rings (SSSR count). The number of hydrogen-bond donors (Lipinski definition) is 2. The Kier molecular flexibility index (Phi) is 9.48. The van der Waals surface area contributed by atoms with Crippen LogP contribution in [0.2, 0.25) is 0 Å². The molecule has 1 aromatic carbocycles. The molecule has 0 saturated heterocycles. The Balaban J connectivity index is 2.12. The van der Waals surface area contributed by atoms with E-state index in [1.165, 1.54) is 0 Å². The first kappa shape index (κ1) is 17.7. The van der Waals surface area contributed by atoms with Crippen LogP contribution in [0.3, 0.4) is 0 Å². The van der Waals surface area contributed by atoms with Crippen LogP contribution in [0.1, 0.15) is 13.3 Å². The lowest BCUT2D eigenvalue weighted by Crippen LogP contribution is -2.30. The average Bonchev–Trinajstić information content (AvgIpc) is 2.50. The van der Waals surface area contributed by atoms with Crippen molar-refractivity contribution in [2.75, 3.05) is 37.9 Å². The van der Waals surface area contributed by atoms with E-state index in [-0.39, 0.29) is 19.1 Å². The van der Waals surface area contributed by atoms with Gasteiger partial charge in [0, 0.05) is 18.9 Å². The highest BCUT2D eigenvalue weighted by Crippen LogP contribution is 2.17. The van der Waals surface area contributed by atoms with E-state index in [2.05, 4.69) is 5.32 Å². The fourth-order valence-electron chi connectivity index (χ4n) is 1.53. The summed E-state index contributed by atoms with van der Waals surface area (Å²) in [5.41, 5.74) is 0. The molecule has 21 heavy (non-hydrogen) atoms.